The largest absolute Gasteiger partial charge is 0.481 e. The summed E-state index contributed by atoms with van der Waals surface area (Å²) in [7, 11) is 0. The van der Waals surface area contributed by atoms with Crippen molar-refractivity contribution in [3.63, 3.8) is 0 Å². The molecule has 0 atom stereocenters. The Morgan fingerprint density at radius 1 is 1.33 bits per heavy atom. The number of hydrogen-bond acceptors (Lipinski definition) is 2. The van der Waals surface area contributed by atoms with Gasteiger partial charge in [0.25, 0.3) is 0 Å². The van der Waals surface area contributed by atoms with Crippen LogP contribution in [0.1, 0.15) is 30.9 Å². The zero-order chi connectivity index (χ0) is 11.3. The first-order chi connectivity index (χ1) is 7.13. The van der Waals surface area contributed by atoms with E-state index in [4.69, 9.17) is 10.5 Å². The highest BCUT2D eigenvalue weighted by Gasteiger charge is 2.02. The summed E-state index contributed by atoms with van der Waals surface area (Å²) >= 11 is 0. The Bertz CT molecular complexity index is 354. The third kappa shape index (κ3) is 3.54. The van der Waals surface area contributed by atoms with Crippen LogP contribution in [-0.2, 0) is 11.2 Å². The molecular formula is C12H15NO2. The normalized spacial score (nSPS) is 9.93. The first-order valence-corrected chi connectivity index (χ1v) is 5.02. The van der Waals surface area contributed by atoms with E-state index < -0.39 is 5.97 Å². The Labute approximate surface area is 89.3 Å². The van der Waals surface area contributed by atoms with Crippen molar-refractivity contribution in [3.8, 4) is 0 Å². The van der Waals surface area contributed by atoms with Crippen LogP contribution >= 0.6 is 0 Å². The van der Waals surface area contributed by atoms with E-state index in [1.165, 1.54) is 0 Å². The van der Waals surface area contributed by atoms with Crippen LogP contribution < -0.4 is 0 Å². The summed E-state index contributed by atoms with van der Waals surface area (Å²) in [5.41, 5.74) is 2.26. The van der Waals surface area contributed by atoms with Gasteiger partial charge in [0.15, 0.2) is 0 Å². The molecule has 0 unspecified atom stereocenters. The highest BCUT2D eigenvalue weighted by Crippen LogP contribution is 2.08. The molecule has 0 aliphatic rings. The average molecular weight is 205 g/mol. The smallest absolute Gasteiger partial charge is 0.307 e. The van der Waals surface area contributed by atoms with Crippen molar-refractivity contribution < 1.29 is 9.90 Å². The lowest BCUT2D eigenvalue weighted by atomic mass is 10.0. The van der Waals surface area contributed by atoms with Crippen LogP contribution in [0.5, 0.6) is 0 Å². The molecule has 0 saturated heterocycles. The highest BCUT2D eigenvalue weighted by atomic mass is 16.4. The molecule has 0 aromatic heterocycles. The molecule has 2 N–H and O–H groups in total. The maximum absolute atomic E-state index is 10.4. The van der Waals surface area contributed by atoms with Gasteiger partial charge in [-0.25, -0.2) is 0 Å². The number of aliphatic carboxylic acids is 1. The molecule has 0 spiro atoms. The van der Waals surface area contributed by atoms with Crippen molar-refractivity contribution in [2.24, 2.45) is 0 Å². The van der Waals surface area contributed by atoms with Gasteiger partial charge < -0.3 is 10.5 Å². The van der Waals surface area contributed by atoms with E-state index in [-0.39, 0.29) is 6.42 Å². The second-order valence-corrected chi connectivity index (χ2v) is 3.50. The molecule has 80 valence electrons. The lowest BCUT2D eigenvalue weighted by Gasteiger charge is -2.03. The van der Waals surface area contributed by atoms with Gasteiger partial charge in [-0.3, -0.25) is 4.79 Å². The topological polar surface area (TPSA) is 61.2 Å². The first kappa shape index (κ1) is 11.4. The van der Waals surface area contributed by atoms with Crippen molar-refractivity contribution >= 4 is 11.7 Å². The fourth-order valence-corrected chi connectivity index (χ4v) is 1.39. The molecule has 0 amide bonds. The molecule has 1 aromatic rings. The van der Waals surface area contributed by atoms with Crippen LogP contribution in [0.25, 0.3) is 0 Å². The molecule has 0 aliphatic heterocycles. The van der Waals surface area contributed by atoms with Crippen LogP contribution in [-0.4, -0.2) is 16.8 Å². The monoisotopic (exact) mass is 205 g/mol. The molecular weight excluding hydrogens is 190 g/mol. The molecule has 0 bridgehead atoms. The second kappa shape index (κ2) is 5.29. The first-order valence-electron chi connectivity index (χ1n) is 5.02. The van der Waals surface area contributed by atoms with Gasteiger partial charge in [0.2, 0.25) is 0 Å². The second-order valence-electron chi connectivity index (χ2n) is 3.50. The van der Waals surface area contributed by atoms with E-state index in [0.717, 1.165) is 24.0 Å². The fraction of sp³-hybridized carbons (Fsp3) is 0.333. The predicted octanol–water partition coefficient (Wildman–Crippen LogP) is 2.48. The van der Waals surface area contributed by atoms with Crippen LogP contribution in [0, 0.1) is 5.41 Å². The molecule has 0 saturated carbocycles. The number of hydrogen-bond donors (Lipinski definition) is 2. The highest BCUT2D eigenvalue weighted by molar-refractivity contribution is 5.98. The van der Waals surface area contributed by atoms with E-state index in [0.29, 0.717) is 5.71 Å². The number of carboxylic acids is 1. The molecule has 1 aromatic carbocycles. The summed E-state index contributed by atoms with van der Waals surface area (Å²) in [6, 6.07) is 7.17. The van der Waals surface area contributed by atoms with Gasteiger partial charge in [-0.2, -0.15) is 0 Å². The van der Waals surface area contributed by atoms with Crippen molar-refractivity contribution in [1.82, 2.24) is 0 Å². The molecule has 3 nitrogen and oxygen atoms in total. The van der Waals surface area contributed by atoms with E-state index in [1.54, 1.807) is 12.1 Å². The number of carbonyl (C=O) groups is 1. The van der Waals surface area contributed by atoms with Crippen molar-refractivity contribution in [3.05, 3.63) is 35.4 Å². The Balaban J connectivity index is 2.71. The fourth-order valence-electron chi connectivity index (χ4n) is 1.39. The van der Waals surface area contributed by atoms with Gasteiger partial charge >= 0.3 is 5.97 Å². The maximum Gasteiger partial charge on any atom is 0.307 e. The Kier molecular flexibility index (Phi) is 4.03. The molecule has 0 radical (unpaired) electrons. The van der Waals surface area contributed by atoms with E-state index in [2.05, 4.69) is 0 Å². The molecule has 15 heavy (non-hydrogen) atoms. The molecule has 0 heterocycles. The summed E-state index contributed by atoms with van der Waals surface area (Å²) in [6.07, 6.45) is 1.76. The quantitative estimate of drug-likeness (QED) is 0.725. The van der Waals surface area contributed by atoms with Gasteiger partial charge in [0, 0.05) is 5.71 Å². The summed E-state index contributed by atoms with van der Waals surface area (Å²) in [5.74, 6) is -0.827. The molecule has 1 rings (SSSR count). The van der Waals surface area contributed by atoms with Crippen molar-refractivity contribution in [2.75, 3.05) is 0 Å². The molecule has 0 aliphatic carbocycles. The number of benzene rings is 1. The number of nitrogens with one attached hydrogen (secondary N) is 1. The van der Waals surface area contributed by atoms with E-state index in [1.807, 2.05) is 19.1 Å². The van der Waals surface area contributed by atoms with Crippen molar-refractivity contribution in [1.29, 1.82) is 5.41 Å². The molecule has 0 fully saturated rings. The summed E-state index contributed by atoms with van der Waals surface area (Å²) in [6.45, 7) is 2.04. The Hall–Kier alpha value is -1.64. The Morgan fingerprint density at radius 3 is 2.40 bits per heavy atom. The minimum Gasteiger partial charge on any atom is -0.481 e. The van der Waals surface area contributed by atoms with Crippen LogP contribution in [0.2, 0.25) is 0 Å². The molecule has 3 heteroatoms. The average Bonchev–Trinajstić information content (AvgIpc) is 2.18. The summed E-state index contributed by atoms with van der Waals surface area (Å²) in [5, 5.41) is 16.3. The minimum absolute atomic E-state index is 0.0430. The summed E-state index contributed by atoms with van der Waals surface area (Å²) in [4.78, 5) is 10.4. The minimum atomic E-state index is -0.827. The van der Waals surface area contributed by atoms with Crippen LogP contribution in [0.3, 0.4) is 0 Å². The zero-order valence-electron chi connectivity index (χ0n) is 8.79. The van der Waals surface area contributed by atoms with Gasteiger partial charge in [-0.05, 0) is 17.5 Å². The van der Waals surface area contributed by atoms with Crippen LogP contribution in [0.15, 0.2) is 24.3 Å². The van der Waals surface area contributed by atoms with E-state index in [9.17, 15) is 4.79 Å². The maximum atomic E-state index is 10.4. The zero-order valence-corrected chi connectivity index (χ0v) is 8.79. The van der Waals surface area contributed by atoms with Gasteiger partial charge in [0.1, 0.15) is 0 Å². The van der Waals surface area contributed by atoms with Gasteiger partial charge in [-0.15, -0.1) is 0 Å². The van der Waals surface area contributed by atoms with Gasteiger partial charge in [0.05, 0.1) is 6.42 Å². The number of rotatable bonds is 5. The standard InChI is InChI=1S/C12H15NO2/c1-2-3-11(13)10-6-4-9(5-7-10)8-12(14)15/h4-7,13H,2-3,8H2,1H3,(H,14,15). The Morgan fingerprint density at radius 2 is 1.93 bits per heavy atom. The lowest BCUT2D eigenvalue weighted by Crippen LogP contribution is -2.02. The lowest BCUT2D eigenvalue weighted by molar-refractivity contribution is -0.136. The number of carboxylic acid groups (broad SMARTS) is 1. The third-order valence-electron chi connectivity index (χ3n) is 2.16. The summed E-state index contributed by atoms with van der Waals surface area (Å²) < 4.78 is 0. The SMILES string of the molecule is CCCC(=N)c1ccc(CC(=O)O)cc1. The van der Waals surface area contributed by atoms with Gasteiger partial charge in [-0.1, -0.05) is 37.6 Å². The van der Waals surface area contributed by atoms with Crippen molar-refractivity contribution in [2.45, 2.75) is 26.2 Å². The van der Waals surface area contributed by atoms with E-state index >= 15 is 0 Å². The third-order valence-corrected chi connectivity index (χ3v) is 2.16. The predicted molar refractivity (Wildman–Crippen MR) is 59.5 cm³/mol. The van der Waals surface area contributed by atoms with Crippen LogP contribution in [0.4, 0.5) is 0 Å².